The Morgan fingerprint density at radius 1 is 1.42 bits per heavy atom. The Labute approximate surface area is 141 Å². The van der Waals surface area contributed by atoms with Gasteiger partial charge in [0.1, 0.15) is 0 Å². The molecule has 0 spiro atoms. The standard InChI is InChI=1S/C18H25F3N2O/c1-2-16(14-6-3-7-15(11-14)18(19,20)21)17(24)23-10-8-13-5-4-9-22-12-13/h3,6-7,11,13,16,22H,2,4-5,8-10,12H2,1H3,(H,23,24). The molecule has 2 rings (SSSR count). The van der Waals surface area contributed by atoms with Gasteiger partial charge in [0.2, 0.25) is 5.91 Å². The Morgan fingerprint density at radius 2 is 2.21 bits per heavy atom. The molecular formula is C18H25F3N2O. The number of benzene rings is 1. The highest BCUT2D eigenvalue weighted by atomic mass is 19.4. The van der Waals surface area contributed by atoms with E-state index >= 15 is 0 Å². The monoisotopic (exact) mass is 342 g/mol. The van der Waals surface area contributed by atoms with Gasteiger partial charge in [0.05, 0.1) is 11.5 Å². The van der Waals surface area contributed by atoms with Crippen molar-refractivity contribution in [1.29, 1.82) is 0 Å². The molecule has 6 heteroatoms. The molecule has 3 nitrogen and oxygen atoms in total. The molecule has 1 fully saturated rings. The highest BCUT2D eigenvalue weighted by Gasteiger charge is 2.31. The molecule has 2 unspecified atom stereocenters. The number of alkyl halides is 3. The minimum absolute atomic E-state index is 0.194. The van der Waals surface area contributed by atoms with E-state index in [1.807, 2.05) is 6.92 Å². The number of amides is 1. The average molecular weight is 342 g/mol. The number of carbonyl (C=O) groups excluding carboxylic acids is 1. The lowest BCUT2D eigenvalue weighted by Gasteiger charge is -2.23. The number of rotatable bonds is 6. The number of piperidine rings is 1. The van der Waals surface area contributed by atoms with Crippen LogP contribution >= 0.6 is 0 Å². The summed E-state index contributed by atoms with van der Waals surface area (Å²) in [6.07, 6.45) is -0.706. The molecule has 0 radical (unpaired) electrons. The van der Waals surface area contributed by atoms with Crippen molar-refractivity contribution in [2.75, 3.05) is 19.6 Å². The molecule has 1 aromatic rings. The fourth-order valence-electron chi connectivity index (χ4n) is 3.20. The first-order chi connectivity index (χ1) is 11.4. The van der Waals surface area contributed by atoms with Crippen LogP contribution in [0.15, 0.2) is 24.3 Å². The first kappa shape index (κ1) is 18.8. The molecule has 2 N–H and O–H groups in total. The maximum atomic E-state index is 12.8. The van der Waals surface area contributed by atoms with E-state index in [9.17, 15) is 18.0 Å². The predicted molar refractivity (Wildman–Crippen MR) is 87.7 cm³/mol. The molecule has 2 atom stereocenters. The van der Waals surface area contributed by atoms with Crippen LogP contribution in [0.2, 0.25) is 0 Å². The lowest BCUT2D eigenvalue weighted by Crippen LogP contribution is -2.34. The van der Waals surface area contributed by atoms with Gasteiger partial charge < -0.3 is 10.6 Å². The molecule has 1 heterocycles. The van der Waals surface area contributed by atoms with E-state index < -0.39 is 17.7 Å². The first-order valence-corrected chi connectivity index (χ1v) is 8.57. The molecule has 1 amide bonds. The minimum Gasteiger partial charge on any atom is -0.356 e. The SMILES string of the molecule is CCC(C(=O)NCCC1CCCNC1)c1cccc(C(F)(F)F)c1. The fraction of sp³-hybridized carbons (Fsp3) is 0.611. The maximum absolute atomic E-state index is 12.8. The Balaban J connectivity index is 1.93. The number of hydrogen-bond donors (Lipinski definition) is 2. The average Bonchev–Trinajstić information content (AvgIpc) is 2.56. The van der Waals surface area contributed by atoms with Crippen molar-refractivity contribution < 1.29 is 18.0 Å². The highest BCUT2D eigenvalue weighted by Crippen LogP contribution is 2.31. The zero-order chi connectivity index (χ0) is 17.6. The largest absolute Gasteiger partial charge is 0.416 e. The van der Waals surface area contributed by atoms with Gasteiger partial charge in [-0.05, 0) is 56.3 Å². The van der Waals surface area contributed by atoms with Gasteiger partial charge in [-0.2, -0.15) is 13.2 Å². The Hall–Kier alpha value is -1.56. The topological polar surface area (TPSA) is 41.1 Å². The van der Waals surface area contributed by atoms with Crippen LogP contribution in [0.25, 0.3) is 0 Å². The van der Waals surface area contributed by atoms with Gasteiger partial charge in [-0.25, -0.2) is 0 Å². The van der Waals surface area contributed by atoms with Crippen molar-refractivity contribution in [2.45, 2.75) is 44.7 Å². The van der Waals surface area contributed by atoms with Crippen LogP contribution in [0.1, 0.15) is 49.7 Å². The molecule has 24 heavy (non-hydrogen) atoms. The summed E-state index contributed by atoms with van der Waals surface area (Å²) in [4.78, 5) is 12.4. The number of halogens is 3. The zero-order valence-electron chi connectivity index (χ0n) is 14.0. The van der Waals surface area contributed by atoms with Crippen molar-refractivity contribution in [3.05, 3.63) is 35.4 Å². The van der Waals surface area contributed by atoms with Crippen LogP contribution in [0.3, 0.4) is 0 Å². The molecule has 1 aliphatic rings. The second-order valence-electron chi connectivity index (χ2n) is 6.38. The molecule has 0 saturated carbocycles. The van der Waals surface area contributed by atoms with Crippen molar-refractivity contribution in [1.82, 2.24) is 10.6 Å². The molecule has 1 aromatic carbocycles. The first-order valence-electron chi connectivity index (χ1n) is 8.57. The van der Waals surface area contributed by atoms with Crippen LogP contribution in [-0.4, -0.2) is 25.5 Å². The summed E-state index contributed by atoms with van der Waals surface area (Å²) in [5, 5.41) is 6.22. The Bertz CT molecular complexity index is 539. The predicted octanol–water partition coefficient (Wildman–Crippen LogP) is 3.70. The summed E-state index contributed by atoms with van der Waals surface area (Å²) in [5.74, 6) is -0.176. The summed E-state index contributed by atoms with van der Waals surface area (Å²) in [6, 6.07) is 5.07. The summed E-state index contributed by atoms with van der Waals surface area (Å²) < 4.78 is 38.5. The summed E-state index contributed by atoms with van der Waals surface area (Å²) >= 11 is 0. The van der Waals surface area contributed by atoms with Crippen molar-refractivity contribution in [3.8, 4) is 0 Å². The van der Waals surface area contributed by atoms with Crippen LogP contribution in [0, 0.1) is 5.92 Å². The molecule has 134 valence electrons. The van der Waals surface area contributed by atoms with E-state index in [2.05, 4.69) is 10.6 Å². The van der Waals surface area contributed by atoms with Crippen molar-refractivity contribution >= 4 is 5.91 Å². The number of carbonyl (C=O) groups is 1. The quantitative estimate of drug-likeness (QED) is 0.827. The van der Waals surface area contributed by atoms with E-state index in [0.29, 0.717) is 24.4 Å². The fourth-order valence-corrected chi connectivity index (χ4v) is 3.20. The molecule has 1 aliphatic heterocycles. The second kappa shape index (κ2) is 8.51. The van der Waals surface area contributed by atoms with Gasteiger partial charge in [0.15, 0.2) is 0 Å². The summed E-state index contributed by atoms with van der Waals surface area (Å²) in [7, 11) is 0. The highest BCUT2D eigenvalue weighted by molar-refractivity contribution is 5.83. The number of nitrogens with one attached hydrogen (secondary N) is 2. The number of hydrogen-bond acceptors (Lipinski definition) is 2. The van der Waals surface area contributed by atoms with Crippen LogP contribution in [0.4, 0.5) is 13.2 Å². The Kier molecular flexibility index (Phi) is 6.66. The molecule has 0 aliphatic carbocycles. The molecular weight excluding hydrogens is 317 g/mol. The van der Waals surface area contributed by atoms with Crippen molar-refractivity contribution in [2.24, 2.45) is 5.92 Å². The second-order valence-corrected chi connectivity index (χ2v) is 6.38. The van der Waals surface area contributed by atoms with Crippen molar-refractivity contribution in [3.63, 3.8) is 0 Å². The van der Waals surface area contributed by atoms with E-state index in [0.717, 1.165) is 44.5 Å². The van der Waals surface area contributed by atoms with Gasteiger partial charge in [0.25, 0.3) is 0 Å². The van der Waals surface area contributed by atoms with E-state index in [4.69, 9.17) is 0 Å². The van der Waals surface area contributed by atoms with Crippen LogP contribution in [-0.2, 0) is 11.0 Å². The van der Waals surface area contributed by atoms with E-state index in [-0.39, 0.29) is 5.91 Å². The third kappa shape index (κ3) is 5.23. The third-order valence-corrected chi connectivity index (χ3v) is 4.59. The van der Waals surface area contributed by atoms with Gasteiger partial charge in [-0.15, -0.1) is 0 Å². The normalized spacial score (nSPS) is 19.8. The lowest BCUT2D eigenvalue weighted by atomic mass is 9.93. The maximum Gasteiger partial charge on any atom is 0.416 e. The minimum atomic E-state index is -4.39. The smallest absolute Gasteiger partial charge is 0.356 e. The summed E-state index contributed by atoms with van der Waals surface area (Å²) in [6.45, 7) is 4.41. The molecule has 0 aromatic heterocycles. The molecule has 1 saturated heterocycles. The molecule has 0 bridgehead atoms. The zero-order valence-corrected chi connectivity index (χ0v) is 14.0. The van der Waals surface area contributed by atoms with Gasteiger partial charge in [0, 0.05) is 6.54 Å². The van der Waals surface area contributed by atoms with Crippen LogP contribution < -0.4 is 10.6 Å². The van der Waals surface area contributed by atoms with Crippen LogP contribution in [0.5, 0.6) is 0 Å². The van der Waals surface area contributed by atoms with Gasteiger partial charge >= 0.3 is 6.18 Å². The summed E-state index contributed by atoms with van der Waals surface area (Å²) in [5.41, 5.74) is -0.288. The third-order valence-electron chi connectivity index (χ3n) is 4.59. The van der Waals surface area contributed by atoms with E-state index in [1.165, 1.54) is 6.07 Å². The van der Waals surface area contributed by atoms with Gasteiger partial charge in [-0.1, -0.05) is 25.1 Å². The lowest BCUT2D eigenvalue weighted by molar-refractivity contribution is -0.137. The Morgan fingerprint density at radius 3 is 2.83 bits per heavy atom. The van der Waals surface area contributed by atoms with E-state index in [1.54, 1.807) is 6.07 Å². The van der Waals surface area contributed by atoms with Gasteiger partial charge in [-0.3, -0.25) is 4.79 Å².